The number of hydrogen-bond donors (Lipinski definition) is 0. The molecule has 1 aliphatic rings. The van der Waals surface area contributed by atoms with E-state index >= 15 is 0 Å². The number of nitrogens with zero attached hydrogens (tertiary/aromatic N) is 1. The maximum absolute atomic E-state index is 10.6. The largest absolute Gasteiger partial charge is 0.364 e. The van der Waals surface area contributed by atoms with Crippen LogP contribution in [0.1, 0.15) is 15.9 Å². The topological polar surface area (TPSA) is 20.3 Å². The molecule has 1 aliphatic heterocycles. The van der Waals surface area contributed by atoms with E-state index in [1.54, 1.807) is 0 Å². The van der Waals surface area contributed by atoms with Crippen LogP contribution in [0.4, 0.5) is 5.69 Å². The summed E-state index contributed by atoms with van der Waals surface area (Å²) in [6.07, 6.45) is 6.92. The Balaban J connectivity index is 2.41. The van der Waals surface area contributed by atoms with Crippen molar-refractivity contribution >= 4 is 18.0 Å². The average molecular weight is 199 g/mol. The molecule has 0 amide bonds. The fourth-order valence-corrected chi connectivity index (χ4v) is 1.80. The minimum atomic E-state index is 0.721. The lowest BCUT2D eigenvalue weighted by Crippen LogP contribution is -2.25. The van der Waals surface area contributed by atoms with E-state index in [-0.39, 0.29) is 0 Å². The van der Waals surface area contributed by atoms with E-state index in [0.717, 1.165) is 30.5 Å². The summed E-state index contributed by atoms with van der Waals surface area (Å²) in [5.74, 6) is 0. The van der Waals surface area contributed by atoms with Gasteiger partial charge in [-0.1, -0.05) is 18.2 Å². The summed E-state index contributed by atoms with van der Waals surface area (Å²) in [6.45, 7) is 5.47. The van der Waals surface area contributed by atoms with Gasteiger partial charge >= 0.3 is 0 Å². The highest BCUT2D eigenvalue weighted by Crippen LogP contribution is 2.26. The van der Waals surface area contributed by atoms with Gasteiger partial charge in [0.2, 0.25) is 0 Å². The Morgan fingerprint density at radius 1 is 1.47 bits per heavy atom. The molecule has 0 aromatic heterocycles. The molecule has 0 saturated heterocycles. The average Bonchev–Trinajstić information content (AvgIpc) is 2.29. The quantitative estimate of drug-likeness (QED) is 0.550. The van der Waals surface area contributed by atoms with Crippen LogP contribution in [0.15, 0.2) is 36.9 Å². The Morgan fingerprint density at radius 2 is 2.33 bits per heavy atom. The minimum absolute atomic E-state index is 0.721. The van der Waals surface area contributed by atoms with Crippen LogP contribution >= 0.6 is 0 Å². The number of carbonyl (C=O) groups is 1. The van der Waals surface area contributed by atoms with Crippen molar-refractivity contribution in [2.75, 3.05) is 18.0 Å². The summed E-state index contributed by atoms with van der Waals surface area (Å²) in [6, 6.07) is 5.75. The van der Waals surface area contributed by atoms with Crippen LogP contribution in [-0.4, -0.2) is 19.4 Å². The maximum Gasteiger partial charge on any atom is 0.150 e. The van der Waals surface area contributed by atoms with Gasteiger partial charge in [-0.25, -0.2) is 0 Å². The molecule has 0 bridgehead atoms. The van der Waals surface area contributed by atoms with Gasteiger partial charge in [-0.2, -0.15) is 0 Å². The highest BCUT2D eigenvalue weighted by atomic mass is 16.1. The fraction of sp³-hybridized carbons (Fsp3) is 0.154. The van der Waals surface area contributed by atoms with E-state index in [0.29, 0.717) is 0 Å². The van der Waals surface area contributed by atoms with E-state index in [4.69, 9.17) is 0 Å². The molecular weight excluding hydrogens is 186 g/mol. The first-order chi connectivity index (χ1) is 7.35. The Kier molecular flexibility index (Phi) is 2.68. The third-order valence-corrected chi connectivity index (χ3v) is 2.50. The van der Waals surface area contributed by atoms with Crippen LogP contribution in [0.5, 0.6) is 0 Å². The van der Waals surface area contributed by atoms with Crippen molar-refractivity contribution in [3.05, 3.63) is 48.1 Å². The molecule has 1 aromatic carbocycles. The van der Waals surface area contributed by atoms with Gasteiger partial charge < -0.3 is 4.90 Å². The van der Waals surface area contributed by atoms with Gasteiger partial charge in [0.05, 0.1) is 0 Å². The maximum atomic E-state index is 10.6. The molecule has 0 saturated carbocycles. The second-order valence-corrected chi connectivity index (χ2v) is 3.53. The van der Waals surface area contributed by atoms with Crippen molar-refractivity contribution in [1.29, 1.82) is 0 Å². The molecule has 0 unspecified atom stereocenters. The molecule has 2 nitrogen and oxygen atoms in total. The molecular formula is C13H13NO. The van der Waals surface area contributed by atoms with E-state index < -0.39 is 0 Å². The molecule has 76 valence electrons. The zero-order valence-electron chi connectivity index (χ0n) is 8.52. The molecule has 0 N–H and O–H groups in total. The Morgan fingerprint density at radius 3 is 3.07 bits per heavy atom. The molecule has 2 rings (SSSR count). The summed E-state index contributed by atoms with van der Waals surface area (Å²) < 4.78 is 0. The van der Waals surface area contributed by atoms with Crippen molar-refractivity contribution in [2.45, 2.75) is 0 Å². The first kappa shape index (κ1) is 9.71. The van der Waals surface area contributed by atoms with Gasteiger partial charge in [0.15, 0.2) is 0 Å². The van der Waals surface area contributed by atoms with Crippen LogP contribution in [-0.2, 0) is 0 Å². The molecule has 0 aliphatic carbocycles. The lowest BCUT2D eigenvalue weighted by molar-refractivity contribution is 0.112. The van der Waals surface area contributed by atoms with Gasteiger partial charge in [0, 0.05) is 24.3 Å². The monoisotopic (exact) mass is 199 g/mol. The summed E-state index contributed by atoms with van der Waals surface area (Å²) in [5.41, 5.74) is 2.99. The molecule has 1 heterocycles. The summed E-state index contributed by atoms with van der Waals surface area (Å²) >= 11 is 0. The number of aldehydes is 1. The van der Waals surface area contributed by atoms with E-state index in [2.05, 4.69) is 23.6 Å². The van der Waals surface area contributed by atoms with Gasteiger partial charge in [-0.05, 0) is 23.8 Å². The van der Waals surface area contributed by atoms with Crippen molar-refractivity contribution in [1.82, 2.24) is 0 Å². The summed E-state index contributed by atoms with van der Waals surface area (Å²) in [4.78, 5) is 12.9. The van der Waals surface area contributed by atoms with Gasteiger partial charge in [0.1, 0.15) is 6.29 Å². The third-order valence-electron chi connectivity index (χ3n) is 2.50. The summed E-state index contributed by atoms with van der Waals surface area (Å²) in [7, 11) is 0. The van der Waals surface area contributed by atoms with E-state index in [1.165, 1.54) is 5.69 Å². The number of benzene rings is 1. The normalized spacial score (nSPS) is 13.5. The predicted octanol–water partition coefficient (Wildman–Crippen LogP) is 2.52. The Hall–Kier alpha value is -1.83. The fourth-order valence-electron chi connectivity index (χ4n) is 1.80. The SMILES string of the molecule is C=CCN1CC=Cc2cc(C=O)ccc21. The van der Waals surface area contributed by atoms with Gasteiger partial charge in [-0.3, -0.25) is 4.79 Å². The van der Waals surface area contributed by atoms with Crippen molar-refractivity contribution in [3.8, 4) is 0 Å². The lowest BCUT2D eigenvalue weighted by Gasteiger charge is -2.27. The highest BCUT2D eigenvalue weighted by molar-refractivity contribution is 5.81. The number of rotatable bonds is 3. The predicted molar refractivity (Wildman–Crippen MR) is 63.3 cm³/mol. The van der Waals surface area contributed by atoms with Crippen LogP contribution in [0.25, 0.3) is 6.08 Å². The van der Waals surface area contributed by atoms with Crippen LogP contribution in [0.3, 0.4) is 0 Å². The molecule has 15 heavy (non-hydrogen) atoms. The second-order valence-electron chi connectivity index (χ2n) is 3.53. The van der Waals surface area contributed by atoms with Gasteiger partial charge in [-0.15, -0.1) is 6.58 Å². The Bertz CT molecular complexity index is 421. The number of hydrogen-bond acceptors (Lipinski definition) is 2. The molecule has 0 radical (unpaired) electrons. The van der Waals surface area contributed by atoms with Crippen molar-refractivity contribution < 1.29 is 4.79 Å². The summed E-state index contributed by atoms with van der Waals surface area (Å²) in [5, 5.41) is 0. The Labute approximate surface area is 89.5 Å². The molecule has 2 heteroatoms. The van der Waals surface area contributed by atoms with Crippen LogP contribution in [0, 0.1) is 0 Å². The third kappa shape index (κ3) is 1.84. The second kappa shape index (κ2) is 4.13. The van der Waals surface area contributed by atoms with Crippen molar-refractivity contribution in [2.24, 2.45) is 0 Å². The lowest BCUT2D eigenvalue weighted by atomic mass is 10.0. The molecule has 0 spiro atoms. The standard InChI is InChI=1S/C13H13NO/c1-2-7-14-8-3-4-12-9-11(10-15)5-6-13(12)14/h2-6,9-10H,1,7-8H2. The first-order valence-electron chi connectivity index (χ1n) is 4.97. The zero-order chi connectivity index (χ0) is 10.7. The van der Waals surface area contributed by atoms with Crippen LogP contribution in [0.2, 0.25) is 0 Å². The zero-order valence-corrected chi connectivity index (χ0v) is 8.52. The minimum Gasteiger partial charge on any atom is -0.364 e. The number of anilines is 1. The van der Waals surface area contributed by atoms with E-state index in [1.807, 2.05) is 24.3 Å². The molecule has 0 atom stereocenters. The van der Waals surface area contributed by atoms with Crippen LogP contribution < -0.4 is 4.90 Å². The van der Waals surface area contributed by atoms with Gasteiger partial charge in [0.25, 0.3) is 0 Å². The van der Waals surface area contributed by atoms with E-state index in [9.17, 15) is 4.79 Å². The first-order valence-corrected chi connectivity index (χ1v) is 4.97. The number of fused-ring (bicyclic) bond motifs is 1. The molecule has 0 fully saturated rings. The smallest absolute Gasteiger partial charge is 0.150 e. The molecule has 1 aromatic rings. The number of carbonyl (C=O) groups excluding carboxylic acids is 1. The highest BCUT2D eigenvalue weighted by Gasteiger charge is 2.11. The van der Waals surface area contributed by atoms with Crippen molar-refractivity contribution in [3.63, 3.8) is 0 Å².